The lowest BCUT2D eigenvalue weighted by atomic mass is 10.1. The van der Waals surface area contributed by atoms with E-state index in [-0.39, 0.29) is 6.03 Å². The van der Waals surface area contributed by atoms with Gasteiger partial charge in [0.1, 0.15) is 0 Å². The molecule has 0 radical (unpaired) electrons. The first-order valence-corrected chi connectivity index (χ1v) is 9.02. The maximum Gasteiger partial charge on any atom is 0.323 e. The van der Waals surface area contributed by atoms with E-state index in [1.165, 1.54) is 10.6 Å². The first-order chi connectivity index (χ1) is 10.9. The monoisotopic (exact) mass is 331 g/mol. The fraction of sp³-hybridized carbons (Fsp3) is 0.188. The Kier molecular flexibility index (Phi) is 3.96. The summed E-state index contributed by atoms with van der Waals surface area (Å²) in [5.74, 6) is 0. The van der Waals surface area contributed by atoms with Crippen molar-refractivity contribution in [2.45, 2.75) is 6.42 Å². The Hall–Kier alpha value is -2.54. The number of hydrogen-bond donors (Lipinski definition) is 2. The number of carbonyl (C=O) groups is 1. The van der Waals surface area contributed by atoms with Gasteiger partial charge >= 0.3 is 6.03 Å². The third-order valence-corrected chi connectivity index (χ3v) is 4.80. The van der Waals surface area contributed by atoms with Gasteiger partial charge in [0.05, 0.1) is 11.9 Å². The van der Waals surface area contributed by atoms with Crippen LogP contribution in [0.1, 0.15) is 5.56 Å². The molecule has 0 saturated heterocycles. The van der Waals surface area contributed by atoms with E-state index in [1.54, 1.807) is 24.3 Å². The summed E-state index contributed by atoms with van der Waals surface area (Å²) in [5.41, 5.74) is 2.93. The summed E-state index contributed by atoms with van der Waals surface area (Å²) in [7, 11) is -3.26. The predicted octanol–water partition coefficient (Wildman–Crippen LogP) is 2.65. The van der Waals surface area contributed by atoms with Crippen LogP contribution in [-0.4, -0.2) is 27.2 Å². The number of anilines is 3. The van der Waals surface area contributed by atoms with Gasteiger partial charge in [0.25, 0.3) is 0 Å². The Labute approximate surface area is 135 Å². The summed E-state index contributed by atoms with van der Waals surface area (Å²) < 4.78 is 24.8. The number of urea groups is 1. The minimum atomic E-state index is -3.26. The Balaban J connectivity index is 1.72. The number of fused-ring (bicyclic) bond motifs is 1. The van der Waals surface area contributed by atoms with Crippen molar-refractivity contribution in [3.63, 3.8) is 0 Å². The van der Waals surface area contributed by atoms with E-state index in [4.69, 9.17) is 0 Å². The van der Waals surface area contributed by atoms with Crippen LogP contribution in [0.3, 0.4) is 0 Å². The van der Waals surface area contributed by atoms with Gasteiger partial charge in [-0.25, -0.2) is 13.2 Å². The lowest BCUT2D eigenvalue weighted by molar-refractivity contribution is 0.262. The lowest BCUT2D eigenvalue weighted by Crippen LogP contribution is -2.27. The first kappa shape index (κ1) is 15.4. The normalized spacial score (nSPS) is 13.5. The number of rotatable bonds is 3. The zero-order valence-corrected chi connectivity index (χ0v) is 13.4. The summed E-state index contributed by atoms with van der Waals surface area (Å²) in [6, 6.07) is 14.0. The molecule has 0 unspecified atom stereocenters. The molecular weight excluding hydrogens is 314 g/mol. The molecule has 0 spiro atoms. The van der Waals surface area contributed by atoms with Gasteiger partial charge in [0, 0.05) is 17.9 Å². The second kappa shape index (κ2) is 5.92. The quantitative estimate of drug-likeness (QED) is 0.907. The van der Waals surface area contributed by atoms with Crippen LogP contribution in [0.15, 0.2) is 48.5 Å². The molecule has 1 aliphatic rings. The molecular formula is C16H17N3O3S. The van der Waals surface area contributed by atoms with Crippen LogP contribution in [-0.2, 0) is 16.4 Å². The molecule has 2 aromatic rings. The molecule has 6 nitrogen and oxygen atoms in total. The van der Waals surface area contributed by atoms with Crippen LogP contribution < -0.4 is 14.9 Å². The van der Waals surface area contributed by atoms with Gasteiger partial charge in [-0.05, 0) is 42.3 Å². The highest BCUT2D eigenvalue weighted by molar-refractivity contribution is 7.92. The molecule has 0 aromatic heterocycles. The standard InChI is InChI=1S/C16H17N3O3S/c1-23(21,22)19-10-9-12-11-14(7-8-15(12)19)18-16(20)17-13-5-3-2-4-6-13/h2-8,11H,9-10H2,1H3,(H2,17,18,20). The van der Waals surface area contributed by atoms with Gasteiger partial charge in [0.2, 0.25) is 10.0 Å². The Morgan fingerprint density at radius 1 is 1.04 bits per heavy atom. The lowest BCUT2D eigenvalue weighted by Gasteiger charge is -2.16. The molecule has 0 atom stereocenters. The van der Waals surface area contributed by atoms with Gasteiger partial charge < -0.3 is 10.6 Å². The van der Waals surface area contributed by atoms with E-state index in [9.17, 15) is 13.2 Å². The van der Waals surface area contributed by atoms with Gasteiger partial charge in [-0.1, -0.05) is 18.2 Å². The highest BCUT2D eigenvalue weighted by Gasteiger charge is 2.26. The minimum absolute atomic E-state index is 0.339. The fourth-order valence-corrected chi connectivity index (χ4v) is 3.57. The molecule has 0 fully saturated rings. The largest absolute Gasteiger partial charge is 0.323 e. The average molecular weight is 331 g/mol. The minimum Gasteiger partial charge on any atom is -0.308 e. The van der Waals surface area contributed by atoms with Gasteiger partial charge in [0.15, 0.2) is 0 Å². The summed E-state index contributed by atoms with van der Waals surface area (Å²) in [6.07, 6.45) is 1.83. The molecule has 0 bridgehead atoms. The van der Waals surface area contributed by atoms with Gasteiger partial charge in [-0.3, -0.25) is 4.31 Å². The molecule has 2 amide bonds. The van der Waals surface area contributed by atoms with Crippen molar-refractivity contribution in [2.75, 3.05) is 27.7 Å². The highest BCUT2D eigenvalue weighted by atomic mass is 32.2. The smallest absolute Gasteiger partial charge is 0.308 e. The van der Waals surface area contributed by atoms with Crippen molar-refractivity contribution in [1.82, 2.24) is 0 Å². The third kappa shape index (κ3) is 3.45. The van der Waals surface area contributed by atoms with Crippen molar-refractivity contribution < 1.29 is 13.2 Å². The molecule has 120 valence electrons. The molecule has 1 aliphatic heterocycles. The Morgan fingerprint density at radius 2 is 1.74 bits per heavy atom. The van der Waals surface area contributed by atoms with E-state index < -0.39 is 10.0 Å². The van der Waals surface area contributed by atoms with Crippen LogP contribution in [0.4, 0.5) is 21.9 Å². The van der Waals surface area contributed by atoms with Crippen molar-refractivity contribution in [1.29, 1.82) is 0 Å². The van der Waals surface area contributed by atoms with Gasteiger partial charge in [-0.15, -0.1) is 0 Å². The maximum absolute atomic E-state index is 12.0. The number of carbonyl (C=O) groups excluding carboxylic acids is 1. The molecule has 0 saturated carbocycles. The van der Waals surface area contributed by atoms with Crippen LogP contribution in [0.2, 0.25) is 0 Å². The van der Waals surface area contributed by atoms with Crippen molar-refractivity contribution >= 4 is 33.1 Å². The number of benzene rings is 2. The fourth-order valence-electron chi connectivity index (χ4n) is 2.61. The van der Waals surface area contributed by atoms with Crippen molar-refractivity contribution in [3.05, 3.63) is 54.1 Å². The first-order valence-electron chi connectivity index (χ1n) is 7.17. The zero-order chi connectivity index (χ0) is 16.4. The van der Waals surface area contributed by atoms with Crippen molar-refractivity contribution in [3.8, 4) is 0 Å². The molecule has 2 aromatic carbocycles. The zero-order valence-electron chi connectivity index (χ0n) is 12.6. The summed E-state index contributed by atoms with van der Waals surface area (Å²) in [4.78, 5) is 12.0. The van der Waals surface area contributed by atoms with Crippen LogP contribution in [0.5, 0.6) is 0 Å². The van der Waals surface area contributed by atoms with E-state index >= 15 is 0 Å². The molecule has 3 rings (SSSR count). The number of sulfonamides is 1. The number of hydrogen-bond acceptors (Lipinski definition) is 3. The highest BCUT2D eigenvalue weighted by Crippen LogP contribution is 2.32. The van der Waals surface area contributed by atoms with Crippen LogP contribution >= 0.6 is 0 Å². The molecule has 1 heterocycles. The third-order valence-electron chi connectivity index (χ3n) is 3.62. The van der Waals surface area contributed by atoms with Crippen LogP contribution in [0.25, 0.3) is 0 Å². The van der Waals surface area contributed by atoms with E-state index in [0.717, 1.165) is 5.56 Å². The molecule has 7 heteroatoms. The SMILES string of the molecule is CS(=O)(=O)N1CCc2cc(NC(=O)Nc3ccccc3)ccc21. The number of para-hydroxylation sites is 1. The second-order valence-corrected chi connectivity index (χ2v) is 7.28. The van der Waals surface area contributed by atoms with E-state index in [2.05, 4.69) is 10.6 Å². The molecule has 2 N–H and O–H groups in total. The molecule has 23 heavy (non-hydrogen) atoms. The number of nitrogens with one attached hydrogen (secondary N) is 2. The Bertz CT molecular complexity index is 835. The summed E-state index contributed by atoms with van der Waals surface area (Å²) in [6.45, 7) is 0.438. The van der Waals surface area contributed by atoms with Crippen LogP contribution in [0, 0.1) is 0 Å². The predicted molar refractivity (Wildman–Crippen MR) is 91.4 cm³/mol. The topological polar surface area (TPSA) is 78.5 Å². The van der Waals surface area contributed by atoms with Gasteiger partial charge in [-0.2, -0.15) is 0 Å². The average Bonchev–Trinajstić information content (AvgIpc) is 2.91. The number of nitrogens with zero attached hydrogens (tertiary/aromatic N) is 1. The molecule has 0 aliphatic carbocycles. The maximum atomic E-state index is 12.0. The summed E-state index contributed by atoms with van der Waals surface area (Å²) in [5, 5.41) is 5.49. The number of amides is 2. The van der Waals surface area contributed by atoms with E-state index in [1.807, 2.05) is 24.3 Å². The van der Waals surface area contributed by atoms with E-state index in [0.29, 0.717) is 30.0 Å². The van der Waals surface area contributed by atoms with Crippen molar-refractivity contribution in [2.24, 2.45) is 0 Å². The Morgan fingerprint density at radius 3 is 2.43 bits per heavy atom. The second-order valence-electron chi connectivity index (χ2n) is 5.37. The summed E-state index contributed by atoms with van der Waals surface area (Å²) >= 11 is 0.